The maximum absolute atomic E-state index is 9.30. The first kappa shape index (κ1) is 14.0. The minimum Gasteiger partial charge on any atom is -0.392 e. The highest BCUT2D eigenvalue weighted by Gasteiger charge is 2.46. The van der Waals surface area contributed by atoms with Gasteiger partial charge in [-0.05, 0) is 60.9 Å². The van der Waals surface area contributed by atoms with Gasteiger partial charge in [-0.1, -0.05) is 18.2 Å². The first-order valence-corrected chi connectivity index (χ1v) is 9.63. The summed E-state index contributed by atoms with van der Waals surface area (Å²) < 4.78 is 3.29. The number of aliphatic imine (C=N–C) groups is 2. The molecule has 0 amide bonds. The summed E-state index contributed by atoms with van der Waals surface area (Å²) in [4.78, 5) is 9.34. The van der Waals surface area contributed by atoms with Crippen molar-refractivity contribution in [3.8, 4) is 0 Å². The minimum atomic E-state index is -0.213. The Morgan fingerprint density at radius 1 is 1.23 bits per heavy atom. The zero-order chi connectivity index (χ0) is 14.9. The van der Waals surface area contributed by atoms with Crippen LogP contribution in [0.1, 0.15) is 6.42 Å². The van der Waals surface area contributed by atoms with Gasteiger partial charge in [-0.2, -0.15) is 0 Å². The van der Waals surface area contributed by atoms with Crippen LogP contribution in [0.2, 0.25) is 0 Å². The molecule has 2 aliphatic heterocycles. The van der Waals surface area contributed by atoms with E-state index in [1.807, 2.05) is 24.4 Å². The van der Waals surface area contributed by atoms with Crippen LogP contribution in [0.4, 0.5) is 5.69 Å². The Morgan fingerprint density at radius 3 is 2.91 bits per heavy atom. The van der Waals surface area contributed by atoms with Crippen molar-refractivity contribution < 1.29 is 5.11 Å². The van der Waals surface area contributed by atoms with Gasteiger partial charge in [0.25, 0.3) is 0 Å². The van der Waals surface area contributed by atoms with Crippen LogP contribution in [0.5, 0.6) is 0 Å². The Labute approximate surface area is 139 Å². The van der Waals surface area contributed by atoms with Gasteiger partial charge >= 0.3 is 0 Å². The minimum absolute atomic E-state index is 0.124. The number of aliphatic hydroxyl groups excluding tert-OH is 1. The lowest BCUT2D eigenvalue weighted by Crippen LogP contribution is -2.15. The summed E-state index contributed by atoms with van der Waals surface area (Å²) in [7, 11) is 0. The number of allylic oxidation sites excluding steroid dienone is 2. The van der Waals surface area contributed by atoms with Gasteiger partial charge in [0.1, 0.15) is 0 Å². The van der Waals surface area contributed by atoms with Gasteiger partial charge in [0.2, 0.25) is 0 Å². The number of halogens is 1. The van der Waals surface area contributed by atoms with E-state index in [0.717, 1.165) is 32.9 Å². The van der Waals surface area contributed by atoms with Crippen molar-refractivity contribution in [2.45, 2.75) is 6.42 Å². The van der Waals surface area contributed by atoms with Gasteiger partial charge in [-0.15, -0.1) is 0 Å². The molecule has 2 heterocycles. The molecular weight excluding hydrogens is 389 g/mol. The maximum atomic E-state index is 9.30. The van der Waals surface area contributed by atoms with E-state index in [1.54, 1.807) is 0 Å². The van der Waals surface area contributed by atoms with Gasteiger partial charge in [0.15, 0.2) is 3.84 Å². The molecule has 1 fully saturated rings. The third kappa shape index (κ3) is 2.70. The molecule has 0 bridgehead atoms. The molecule has 0 spiro atoms. The molecule has 1 aliphatic carbocycles. The summed E-state index contributed by atoms with van der Waals surface area (Å²) in [6, 6.07) is 10.2. The number of rotatable bonds is 3. The Morgan fingerprint density at radius 2 is 2.09 bits per heavy atom. The van der Waals surface area contributed by atoms with Crippen molar-refractivity contribution in [2.24, 2.45) is 21.8 Å². The fourth-order valence-electron chi connectivity index (χ4n) is 2.82. The van der Waals surface area contributed by atoms with Gasteiger partial charge < -0.3 is 10.4 Å². The number of hydrogen-bond donors (Lipinski definition) is 2. The van der Waals surface area contributed by atoms with E-state index in [4.69, 9.17) is 4.99 Å². The first-order chi connectivity index (χ1) is 10.8. The summed E-state index contributed by atoms with van der Waals surface area (Å²) >= 11 is -0.213. The number of hydrogen-bond acceptors (Lipinski definition) is 4. The van der Waals surface area contributed by atoms with E-state index < -0.39 is 0 Å². The van der Waals surface area contributed by atoms with Crippen LogP contribution in [0, 0.1) is 11.8 Å². The average Bonchev–Trinajstić information content (AvgIpc) is 3.36. The van der Waals surface area contributed by atoms with Crippen LogP contribution in [-0.2, 0) is 0 Å². The Balaban J connectivity index is 1.57. The number of amidine groups is 1. The monoisotopic (exact) mass is 405 g/mol. The number of para-hydroxylation sites is 1. The lowest BCUT2D eigenvalue weighted by atomic mass is 10.0. The molecule has 22 heavy (non-hydrogen) atoms. The van der Waals surface area contributed by atoms with Crippen LogP contribution in [0.15, 0.2) is 63.9 Å². The quantitative estimate of drug-likeness (QED) is 0.600. The first-order valence-electron chi connectivity index (χ1n) is 7.30. The molecule has 4 nitrogen and oxygen atoms in total. The van der Waals surface area contributed by atoms with Crippen LogP contribution in [0.25, 0.3) is 0 Å². The Kier molecular flexibility index (Phi) is 3.75. The Hall–Kier alpha value is -1.60. The molecule has 3 aliphatic rings. The molecule has 5 heteroatoms. The summed E-state index contributed by atoms with van der Waals surface area (Å²) in [5, 5.41) is 12.7. The van der Waals surface area contributed by atoms with Crippen LogP contribution in [0.3, 0.4) is 0 Å². The van der Waals surface area contributed by atoms with E-state index in [1.165, 1.54) is 0 Å². The molecule has 0 radical (unpaired) electrons. The highest BCUT2D eigenvalue weighted by Crippen LogP contribution is 2.49. The number of nitrogens with one attached hydrogen (secondary N) is 1. The topological polar surface area (TPSA) is 57.0 Å². The molecule has 1 saturated carbocycles. The fraction of sp³-hybridized carbons (Fsp3) is 0.235. The summed E-state index contributed by atoms with van der Waals surface area (Å²) in [5.74, 6) is 0.931. The summed E-state index contributed by atoms with van der Waals surface area (Å²) in [5.41, 5.74) is 4.20. The molecule has 1 aromatic carbocycles. The van der Waals surface area contributed by atoms with Gasteiger partial charge in [0, 0.05) is 17.8 Å². The van der Waals surface area contributed by atoms with Gasteiger partial charge in [-0.25, -0.2) is 4.99 Å². The predicted molar refractivity (Wildman–Crippen MR) is 99.9 cm³/mol. The SMILES string of the molecule is OCC1=CN=C(C2=CC=IC(Nc3ccccc3)=N2)C2CC12. The van der Waals surface area contributed by atoms with Crippen molar-refractivity contribution in [3.63, 3.8) is 0 Å². The predicted octanol–water partition coefficient (Wildman–Crippen LogP) is 3.09. The third-order valence-corrected chi connectivity index (χ3v) is 5.88. The number of benzene rings is 1. The summed E-state index contributed by atoms with van der Waals surface area (Å²) in [6.07, 6.45) is 5.03. The van der Waals surface area contributed by atoms with Crippen molar-refractivity contribution >= 4 is 40.0 Å². The molecule has 0 saturated heterocycles. The van der Waals surface area contributed by atoms with Crippen molar-refractivity contribution in [2.75, 3.05) is 11.9 Å². The smallest absolute Gasteiger partial charge is 0.163 e. The summed E-state index contributed by atoms with van der Waals surface area (Å²) in [6.45, 7) is 0.124. The van der Waals surface area contributed by atoms with Crippen molar-refractivity contribution in [3.05, 3.63) is 53.9 Å². The normalized spacial score (nSPS) is 25.9. The van der Waals surface area contributed by atoms with Crippen molar-refractivity contribution in [1.29, 1.82) is 0 Å². The molecule has 2 unspecified atom stereocenters. The van der Waals surface area contributed by atoms with Gasteiger partial charge in [-0.3, -0.25) is 4.99 Å². The van der Waals surface area contributed by atoms with Crippen LogP contribution in [-0.4, -0.2) is 25.3 Å². The largest absolute Gasteiger partial charge is 0.392 e. The lowest BCUT2D eigenvalue weighted by molar-refractivity contribution is 0.323. The Bertz CT molecular complexity index is 746. The number of fused-ring (bicyclic) bond motifs is 1. The second-order valence-corrected chi connectivity index (χ2v) is 7.87. The van der Waals surface area contributed by atoms with E-state index >= 15 is 0 Å². The zero-order valence-electron chi connectivity index (χ0n) is 11.9. The average molecular weight is 405 g/mol. The fourth-order valence-corrected chi connectivity index (χ4v) is 4.55. The molecule has 2 atom stereocenters. The maximum Gasteiger partial charge on any atom is 0.163 e. The zero-order valence-corrected chi connectivity index (χ0v) is 14.1. The second-order valence-electron chi connectivity index (χ2n) is 5.51. The number of aliphatic hydroxyl groups is 1. The van der Waals surface area contributed by atoms with E-state index in [-0.39, 0.29) is 27.3 Å². The number of nitrogens with zero attached hydrogens (tertiary/aromatic N) is 2. The molecule has 112 valence electrons. The molecule has 1 aromatic rings. The molecule has 4 rings (SSSR count). The molecule has 0 aromatic heterocycles. The van der Waals surface area contributed by atoms with E-state index in [9.17, 15) is 5.11 Å². The van der Waals surface area contributed by atoms with Crippen molar-refractivity contribution in [1.82, 2.24) is 0 Å². The molecule has 2 N–H and O–H groups in total. The van der Waals surface area contributed by atoms with Crippen LogP contribution >= 0.6 is 20.7 Å². The standard InChI is InChI=1S/C17H16IN3O/c22-10-11-9-19-16(14-8-13(11)14)15-6-7-18-17(21-15)20-12-4-2-1-3-5-12/h1-7,9,13-14,22H,8,10H2,(H,20,21). The lowest BCUT2D eigenvalue weighted by Gasteiger charge is -2.14. The number of anilines is 1. The molecular formula is C17H16IN3O. The van der Waals surface area contributed by atoms with E-state index in [2.05, 4.69) is 32.5 Å². The second kappa shape index (κ2) is 5.89. The van der Waals surface area contributed by atoms with E-state index in [0.29, 0.717) is 11.8 Å². The third-order valence-electron chi connectivity index (χ3n) is 4.06. The highest BCUT2D eigenvalue weighted by atomic mass is 127. The highest BCUT2D eigenvalue weighted by molar-refractivity contribution is 14.2. The van der Waals surface area contributed by atoms with Crippen LogP contribution < -0.4 is 5.32 Å². The van der Waals surface area contributed by atoms with Gasteiger partial charge in [0.05, 0.1) is 18.0 Å².